The summed E-state index contributed by atoms with van der Waals surface area (Å²) in [6.45, 7) is 1.03. The minimum atomic E-state index is -0.00829. The lowest BCUT2D eigenvalue weighted by Gasteiger charge is -2.22. The lowest BCUT2D eigenvalue weighted by atomic mass is 9.95. The van der Waals surface area contributed by atoms with Crippen molar-refractivity contribution in [3.05, 3.63) is 28.2 Å². The van der Waals surface area contributed by atoms with Crippen molar-refractivity contribution >= 4 is 21.8 Å². The summed E-state index contributed by atoms with van der Waals surface area (Å²) in [5.41, 5.74) is 0.659. The van der Waals surface area contributed by atoms with Crippen LogP contribution in [0, 0.1) is 0 Å². The van der Waals surface area contributed by atoms with E-state index in [1.165, 1.54) is 19.3 Å². The van der Waals surface area contributed by atoms with Crippen molar-refractivity contribution in [2.75, 3.05) is 20.3 Å². The van der Waals surface area contributed by atoms with Gasteiger partial charge in [0.25, 0.3) is 5.91 Å². The summed E-state index contributed by atoms with van der Waals surface area (Å²) < 4.78 is 11.3. The Kier molecular flexibility index (Phi) is 6.51. The molecule has 1 fully saturated rings. The molecule has 5 heteroatoms. The van der Waals surface area contributed by atoms with E-state index in [9.17, 15) is 4.79 Å². The highest BCUT2D eigenvalue weighted by atomic mass is 79.9. The first-order valence-electron chi connectivity index (χ1n) is 7.43. The van der Waals surface area contributed by atoms with Gasteiger partial charge in [-0.1, -0.05) is 19.3 Å². The third-order valence-corrected chi connectivity index (χ3v) is 4.30. The third-order valence-electron chi connectivity index (χ3n) is 3.68. The highest BCUT2D eigenvalue weighted by Crippen LogP contribution is 2.26. The standard InChI is InChI=1S/C16H22BrNO3/c1-20-9-10-21-15-8-7-12(11-14(15)17)16(19)18-13-5-3-2-4-6-13/h7-8,11,13H,2-6,9-10H2,1H3,(H,18,19). The number of carbonyl (C=O) groups is 1. The summed E-state index contributed by atoms with van der Waals surface area (Å²) in [6, 6.07) is 5.74. The van der Waals surface area contributed by atoms with Crippen molar-refractivity contribution in [3.63, 3.8) is 0 Å². The zero-order valence-electron chi connectivity index (χ0n) is 12.4. The van der Waals surface area contributed by atoms with Crippen molar-refractivity contribution in [2.45, 2.75) is 38.1 Å². The van der Waals surface area contributed by atoms with Crippen LogP contribution < -0.4 is 10.1 Å². The van der Waals surface area contributed by atoms with E-state index < -0.39 is 0 Å². The summed E-state index contributed by atoms with van der Waals surface area (Å²) in [6.07, 6.45) is 5.88. The summed E-state index contributed by atoms with van der Waals surface area (Å²) in [5, 5.41) is 3.11. The van der Waals surface area contributed by atoms with Crippen molar-refractivity contribution in [1.82, 2.24) is 5.32 Å². The van der Waals surface area contributed by atoms with E-state index >= 15 is 0 Å². The van der Waals surface area contributed by atoms with Gasteiger partial charge in [-0.2, -0.15) is 0 Å². The molecule has 1 aliphatic carbocycles. The molecule has 1 amide bonds. The predicted molar refractivity (Wildman–Crippen MR) is 85.9 cm³/mol. The molecule has 1 aliphatic rings. The lowest BCUT2D eigenvalue weighted by molar-refractivity contribution is 0.0927. The minimum absolute atomic E-state index is 0.00829. The number of halogens is 1. The molecule has 0 heterocycles. The zero-order chi connectivity index (χ0) is 15.1. The van der Waals surface area contributed by atoms with E-state index in [1.807, 2.05) is 6.07 Å². The quantitative estimate of drug-likeness (QED) is 0.794. The van der Waals surface area contributed by atoms with Crippen molar-refractivity contribution < 1.29 is 14.3 Å². The Balaban J connectivity index is 1.93. The molecule has 1 aromatic rings. The third kappa shape index (κ3) is 5.00. The maximum absolute atomic E-state index is 12.2. The average molecular weight is 356 g/mol. The summed E-state index contributed by atoms with van der Waals surface area (Å²) >= 11 is 3.45. The molecule has 0 atom stereocenters. The molecule has 21 heavy (non-hydrogen) atoms. The Labute approximate surface area is 134 Å². The second-order valence-corrected chi connectivity index (χ2v) is 6.15. The van der Waals surface area contributed by atoms with Crippen molar-refractivity contribution in [2.24, 2.45) is 0 Å². The number of benzene rings is 1. The number of ether oxygens (including phenoxy) is 2. The van der Waals surface area contributed by atoms with Crippen LogP contribution in [0.2, 0.25) is 0 Å². The molecule has 116 valence electrons. The van der Waals surface area contributed by atoms with E-state index in [2.05, 4.69) is 21.2 Å². The highest BCUT2D eigenvalue weighted by molar-refractivity contribution is 9.10. The fourth-order valence-corrected chi connectivity index (χ4v) is 3.00. The highest BCUT2D eigenvalue weighted by Gasteiger charge is 2.17. The molecule has 1 aromatic carbocycles. The molecule has 1 N–H and O–H groups in total. The van der Waals surface area contributed by atoms with Gasteiger partial charge in [0.2, 0.25) is 0 Å². The number of hydrogen-bond donors (Lipinski definition) is 1. The maximum Gasteiger partial charge on any atom is 0.251 e. The SMILES string of the molecule is COCCOc1ccc(C(=O)NC2CCCCC2)cc1Br. The van der Waals surface area contributed by atoms with Gasteiger partial charge in [-0.05, 0) is 47.0 Å². The Morgan fingerprint density at radius 3 is 2.71 bits per heavy atom. The van der Waals surface area contributed by atoms with Crippen LogP contribution in [0.5, 0.6) is 5.75 Å². The van der Waals surface area contributed by atoms with E-state index in [4.69, 9.17) is 9.47 Å². The van der Waals surface area contributed by atoms with Gasteiger partial charge < -0.3 is 14.8 Å². The number of hydrogen-bond acceptors (Lipinski definition) is 3. The Bertz CT molecular complexity index is 473. The van der Waals surface area contributed by atoms with Crippen LogP contribution in [0.4, 0.5) is 0 Å². The molecule has 4 nitrogen and oxygen atoms in total. The fraction of sp³-hybridized carbons (Fsp3) is 0.562. The normalized spacial score (nSPS) is 15.7. The summed E-state index contributed by atoms with van der Waals surface area (Å²) in [7, 11) is 1.64. The predicted octanol–water partition coefficient (Wildman–Crippen LogP) is 3.54. The molecule has 1 saturated carbocycles. The number of amides is 1. The topological polar surface area (TPSA) is 47.6 Å². The van der Waals surface area contributed by atoms with Crippen LogP contribution in [0.1, 0.15) is 42.5 Å². The summed E-state index contributed by atoms with van der Waals surface area (Å²) in [4.78, 5) is 12.2. The van der Waals surface area contributed by atoms with Crippen LogP contribution in [0.25, 0.3) is 0 Å². The van der Waals surface area contributed by atoms with Crippen LogP contribution in [-0.4, -0.2) is 32.3 Å². The van der Waals surface area contributed by atoms with E-state index in [-0.39, 0.29) is 5.91 Å². The molecule has 0 aliphatic heterocycles. The lowest BCUT2D eigenvalue weighted by Crippen LogP contribution is -2.36. The molecule has 0 bridgehead atoms. The monoisotopic (exact) mass is 355 g/mol. The van der Waals surface area contributed by atoms with Gasteiger partial charge >= 0.3 is 0 Å². The molecule has 0 aromatic heterocycles. The minimum Gasteiger partial charge on any atom is -0.490 e. The van der Waals surface area contributed by atoms with Crippen LogP contribution >= 0.6 is 15.9 Å². The van der Waals surface area contributed by atoms with Crippen LogP contribution in [0.15, 0.2) is 22.7 Å². The Morgan fingerprint density at radius 2 is 2.05 bits per heavy atom. The number of nitrogens with one attached hydrogen (secondary N) is 1. The molecule has 0 unspecified atom stereocenters. The molecule has 0 spiro atoms. The van der Waals surface area contributed by atoms with E-state index in [1.54, 1.807) is 19.2 Å². The van der Waals surface area contributed by atoms with Gasteiger partial charge in [0, 0.05) is 18.7 Å². The maximum atomic E-state index is 12.2. The van der Waals surface area contributed by atoms with Crippen molar-refractivity contribution in [1.29, 1.82) is 0 Å². The molecule has 0 saturated heterocycles. The van der Waals surface area contributed by atoms with E-state index in [0.717, 1.165) is 23.1 Å². The van der Waals surface area contributed by atoms with Gasteiger partial charge in [0.15, 0.2) is 0 Å². The molecule has 0 radical (unpaired) electrons. The second-order valence-electron chi connectivity index (χ2n) is 5.29. The first-order chi connectivity index (χ1) is 10.2. The Hall–Kier alpha value is -1.07. The largest absolute Gasteiger partial charge is 0.490 e. The zero-order valence-corrected chi connectivity index (χ0v) is 13.9. The molecular weight excluding hydrogens is 334 g/mol. The second kappa shape index (κ2) is 8.39. The molecule has 2 rings (SSSR count). The van der Waals surface area contributed by atoms with Gasteiger partial charge in [0.1, 0.15) is 12.4 Å². The van der Waals surface area contributed by atoms with E-state index in [0.29, 0.717) is 24.8 Å². The van der Waals surface area contributed by atoms with Crippen molar-refractivity contribution in [3.8, 4) is 5.75 Å². The number of rotatable bonds is 6. The van der Waals surface area contributed by atoms with Gasteiger partial charge in [-0.25, -0.2) is 0 Å². The van der Waals surface area contributed by atoms with Crippen LogP contribution in [0.3, 0.4) is 0 Å². The molecular formula is C16H22BrNO3. The van der Waals surface area contributed by atoms with Gasteiger partial charge in [-0.3, -0.25) is 4.79 Å². The smallest absolute Gasteiger partial charge is 0.251 e. The Morgan fingerprint density at radius 1 is 1.29 bits per heavy atom. The van der Waals surface area contributed by atoms with Gasteiger partial charge in [-0.15, -0.1) is 0 Å². The fourth-order valence-electron chi connectivity index (χ4n) is 2.51. The average Bonchev–Trinajstić information content (AvgIpc) is 2.50. The first-order valence-corrected chi connectivity index (χ1v) is 8.22. The van der Waals surface area contributed by atoms with Crippen LogP contribution in [-0.2, 0) is 4.74 Å². The first kappa shape index (κ1) is 16.3. The van der Waals surface area contributed by atoms with Gasteiger partial charge in [0.05, 0.1) is 11.1 Å². The summed E-state index contributed by atoms with van der Waals surface area (Å²) in [5.74, 6) is 0.715. The number of methoxy groups -OCH3 is 1. The number of carbonyl (C=O) groups excluding carboxylic acids is 1.